The van der Waals surface area contributed by atoms with E-state index in [0.29, 0.717) is 26.1 Å². The lowest BCUT2D eigenvalue weighted by molar-refractivity contribution is -0.133. The third-order valence-electron chi connectivity index (χ3n) is 5.56. The molecule has 2 saturated heterocycles. The van der Waals surface area contributed by atoms with Crippen molar-refractivity contribution in [1.82, 2.24) is 14.8 Å². The first-order valence-corrected chi connectivity index (χ1v) is 8.80. The van der Waals surface area contributed by atoms with E-state index >= 15 is 0 Å². The van der Waals surface area contributed by atoms with Crippen molar-refractivity contribution in [2.24, 2.45) is 0 Å². The molecule has 6 nitrogen and oxygen atoms in total. The van der Waals surface area contributed by atoms with E-state index < -0.39 is 0 Å². The Morgan fingerprint density at radius 3 is 2.58 bits per heavy atom. The van der Waals surface area contributed by atoms with Gasteiger partial charge in [0, 0.05) is 31.6 Å². The van der Waals surface area contributed by atoms with Gasteiger partial charge in [-0.25, -0.2) is 9.37 Å². The van der Waals surface area contributed by atoms with Gasteiger partial charge in [0.15, 0.2) is 6.39 Å². The highest BCUT2D eigenvalue weighted by Crippen LogP contribution is 2.40. The van der Waals surface area contributed by atoms with Crippen molar-refractivity contribution in [3.05, 3.63) is 54.0 Å². The Kier molecular flexibility index (Phi) is 4.22. The summed E-state index contributed by atoms with van der Waals surface area (Å²) in [6.45, 7) is 1.63. The number of hydrogen-bond donors (Lipinski definition) is 0. The van der Waals surface area contributed by atoms with Crippen LogP contribution in [0.2, 0.25) is 0 Å². The number of hydrogen-bond acceptors (Lipinski definition) is 4. The molecule has 0 radical (unpaired) electrons. The summed E-state index contributed by atoms with van der Waals surface area (Å²) in [6.07, 6.45) is 5.47. The average Bonchev–Trinajstić information content (AvgIpc) is 3.29. The highest BCUT2D eigenvalue weighted by Gasteiger charge is 2.47. The van der Waals surface area contributed by atoms with Gasteiger partial charge in [-0.05, 0) is 37.0 Å². The second-order valence-corrected chi connectivity index (χ2v) is 6.99. The molecule has 4 rings (SSSR count). The number of amides is 2. The predicted molar refractivity (Wildman–Crippen MR) is 90.6 cm³/mol. The lowest BCUT2D eigenvalue weighted by Crippen LogP contribution is -2.53. The Morgan fingerprint density at radius 2 is 1.92 bits per heavy atom. The molecule has 1 aromatic heterocycles. The van der Waals surface area contributed by atoms with Crippen molar-refractivity contribution < 1.29 is 18.4 Å². The lowest BCUT2D eigenvalue weighted by atomic mass is 9.84. The van der Waals surface area contributed by atoms with Crippen molar-refractivity contribution in [1.29, 1.82) is 0 Å². The van der Waals surface area contributed by atoms with E-state index in [4.69, 9.17) is 4.42 Å². The molecule has 2 aliphatic rings. The van der Waals surface area contributed by atoms with E-state index in [1.165, 1.54) is 24.7 Å². The maximum absolute atomic E-state index is 13.1. The van der Waals surface area contributed by atoms with Gasteiger partial charge in [-0.1, -0.05) is 12.1 Å². The largest absolute Gasteiger partial charge is 0.438 e. The second kappa shape index (κ2) is 6.55. The van der Waals surface area contributed by atoms with Crippen LogP contribution in [0.25, 0.3) is 0 Å². The van der Waals surface area contributed by atoms with Crippen molar-refractivity contribution in [3.8, 4) is 0 Å². The number of likely N-dealkylation sites (tertiary alicyclic amines) is 2. The zero-order valence-electron chi connectivity index (χ0n) is 14.4. The zero-order chi connectivity index (χ0) is 18.1. The standard InChI is InChI=1S/C19H20FN3O3/c20-15-3-1-14(2-4-15)12-23-17(24)5-6-19(23)7-9-22(10-8-19)18(25)16-11-21-13-26-16/h1-4,11,13H,5-10,12H2. The van der Waals surface area contributed by atoms with Crippen LogP contribution in [0.4, 0.5) is 4.39 Å². The molecule has 0 aliphatic carbocycles. The van der Waals surface area contributed by atoms with Crippen LogP contribution >= 0.6 is 0 Å². The fraction of sp³-hybridized carbons (Fsp3) is 0.421. The Balaban J connectivity index is 1.46. The zero-order valence-corrected chi connectivity index (χ0v) is 14.4. The molecule has 2 amide bonds. The number of aromatic nitrogens is 1. The van der Waals surface area contributed by atoms with Crippen molar-refractivity contribution in [2.45, 2.75) is 37.8 Å². The fourth-order valence-corrected chi connectivity index (χ4v) is 4.03. The first-order chi connectivity index (χ1) is 12.6. The summed E-state index contributed by atoms with van der Waals surface area (Å²) in [6, 6.07) is 6.27. The molecule has 0 saturated carbocycles. The van der Waals surface area contributed by atoms with Crippen LogP contribution in [0.3, 0.4) is 0 Å². The van der Waals surface area contributed by atoms with E-state index in [2.05, 4.69) is 4.98 Å². The van der Waals surface area contributed by atoms with E-state index in [1.807, 2.05) is 4.90 Å². The normalized spacial score (nSPS) is 19.3. The van der Waals surface area contributed by atoms with Gasteiger partial charge in [0.1, 0.15) is 5.82 Å². The van der Waals surface area contributed by atoms with Gasteiger partial charge >= 0.3 is 0 Å². The number of carbonyl (C=O) groups is 2. The van der Waals surface area contributed by atoms with Gasteiger partial charge in [0.05, 0.1) is 6.20 Å². The second-order valence-electron chi connectivity index (χ2n) is 6.99. The quantitative estimate of drug-likeness (QED) is 0.847. The number of carbonyl (C=O) groups excluding carboxylic acids is 2. The molecule has 136 valence electrons. The molecule has 2 aromatic rings. The smallest absolute Gasteiger partial charge is 0.291 e. The molecule has 0 bridgehead atoms. The molecule has 2 fully saturated rings. The van der Waals surface area contributed by atoms with Gasteiger partial charge < -0.3 is 14.2 Å². The number of benzene rings is 1. The van der Waals surface area contributed by atoms with Gasteiger partial charge in [0.25, 0.3) is 5.91 Å². The van der Waals surface area contributed by atoms with Gasteiger partial charge in [-0.3, -0.25) is 9.59 Å². The summed E-state index contributed by atoms with van der Waals surface area (Å²) in [5.74, 6) is -0.0711. The molecule has 0 atom stereocenters. The summed E-state index contributed by atoms with van der Waals surface area (Å²) in [4.78, 5) is 32.4. The third-order valence-corrected chi connectivity index (χ3v) is 5.56. The Morgan fingerprint density at radius 1 is 1.19 bits per heavy atom. The first kappa shape index (κ1) is 16.8. The summed E-state index contributed by atoms with van der Waals surface area (Å²) < 4.78 is 18.2. The molecule has 26 heavy (non-hydrogen) atoms. The van der Waals surface area contributed by atoms with Gasteiger partial charge in [-0.15, -0.1) is 0 Å². The predicted octanol–water partition coefficient (Wildman–Crippen LogP) is 2.61. The molecule has 0 N–H and O–H groups in total. The summed E-state index contributed by atoms with van der Waals surface area (Å²) in [5, 5.41) is 0. The van der Waals surface area contributed by atoms with Crippen molar-refractivity contribution >= 4 is 11.8 Å². The van der Waals surface area contributed by atoms with Crippen molar-refractivity contribution in [2.75, 3.05) is 13.1 Å². The summed E-state index contributed by atoms with van der Waals surface area (Å²) in [7, 11) is 0. The van der Waals surface area contributed by atoms with Crippen LogP contribution in [-0.2, 0) is 11.3 Å². The van der Waals surface area contributed by atoms with E-state index in [9.17, 15) is 14.0 Å². The van der Waals surface area contributed by atoms with Crippen LogP contribution in [0.1, 0.15) is 41.8 Å². The molecular formula is C19H20FN3O3. The minimum Gasteiger partial charge on any atom is -0.438 e. The highest BCUT2D eigenvalue weighted by molar-refractivity contribution is 5.91. The van der Waals surface area contributed by atoms with Gasteiger partial charge in [0.2, 0.25) is 11.7 Å². The summed E-state index contributed by atoms with van der Waals surface area (Å²) >= 11 is 0. The number of halogens is 1. The first-order valence-electron chi connectivity index (χ1n) is 8.80. The SMILES string of the molecule is O=C(c1cnco1)N1CCC2(CCC(=O)N2Cc2ccc(F)cc2)CC1. The maximum atomic E-state index is 13.1. The fourth-order valence-electron chi connectivity index (χ4n) is 4.03. The molecule has 3 heterocycles. The average molecular weight is 357 g/mol. The topological polar surface area (TPSA) is 66.7 Å². The van der Waals surface area contributed by atoms with Crippen molar-refractivity contribution in [3.63, 3.8) is 0 Å². The molecule has 1 aromatic carbocycles. The van der Waals surface area contributed by atoms with E-state index in [0.717, 1.165) is 24.8 Å². The summed E-state index contributed by atoms with van der Waals surface area (Å²) in [5.41, 5.74) is 0.699. The van der Waals surface area contributed by atoms with Crippen LogP contribution in [0, 0.1) is 5.82 Å². The number of oxazole rings is 1. The Labute approximate surface area is 150 Å². The maximum Gasteiger partial charge on any atom is 0.291 e. The minimum absolute atomic E-state index is 0.129. The molecule has 1 spiro atoms. The number of nitrogens with zero attached hydrogens (tertiary/aromatic N) is 3. The minimum atomic E-state index is -0.282. The molecular weight excluding hydrogens is 337 g/mol. The highest BCUT2D eigenvalue weighted by atomic mass is 19.1. The number of rotatable bonds is 3. The lowest BCUT2D eigenvalue weighted by Gasteiger charge is -2.44. The Hall–Kier alpha value is -2.70. The van der Waals surface area contributed by atoms with Gasteiger partial charge in [-0.2, -0.15) is 0 Å². The molecule has 7 heteroatoms. The monoisotopic (exact) mass is 357 g/mol. The van der Waals surface area contributed by atoms with Crippen LogP contribution in [0.15, 0.2) is 41.3 Å². The van der Waals surface area contributed by atoms with Crippen LogP contribution in [0.5, 0.6) is 0 Å². The number of piperidine rings is 1. The van der Waals surface area contributed by atoms with E-state index in [1.54, 1.807) is 17.0 Å². The van der Waals surface area contributed by atoms with Crippen LogP contribution < -0.4 is 0 Å². The van der Waals surface area contributed by atoms with Crippen LogP contribution in [-0.4, -0.2) is 45.2 Å². The van der Waals surface area contributed by atoms with E-state index in [-0.39, 0.29) is 28.9 Å². The molecule has 2 aliphatic heterocycles. The molecule has 0 unspecified atom stereocenters. The third kappa shape index (κ3) is 2.98. The Bertz CT molecular complexity index is 796.